The number of nitrogens with two attached hydrogens (primary N) is 1. The molecule has 220 valence electrons. The molecule has 43 heavy (non-hydrogen) atoms. The number of oxime groups is 1. The van der Waals surface area contributed by atoms with Gasteiger partial charge in [0.05, 0.1) is 11.3 Å². The molecule has 4 aromatic heterocycles. The van der Waals surface area contributed by atoms with E-state index >= 15 is 0 Å². The molecule has 1 unspecified atom stereocenters. The van der Waals surface area contributed by atoms with Crippen molar-refractivity contribution in [3.8, 4) is 17.2 Å². The number of aryl methyl sites for hydroxylation is 1. The van der Waals surface area contributed by atoms with E-state index in [4.69, 9.17) is 10.6 Å². The smallest absolute Gasteiger partial charge is 0.353 e. The predicted molar refractivity (Wildman–Crippen MR) is 159 cm³/mol. The molecule has 0 spiro atoms. The van der Waals surface area contributed by atoms with E-state index in [1.54, 1.807) is 16.3 Å². The number of hydrogen-bond donors (Lipinski definition) is 3. The van der Waals surface area contributed by atoms with Crippen LogP contribution in [0.4, 0.5) is 5.13 Å². The van der Waals surface area contributed by atoms with Crippen molar-refractivity contribution in [1.82, 2.24) is 34.1 Å². The molecule has 0 radical (unpaired) electrons. The lowest BCUT2D eigenvalue weighted by atomic mass is 10.0. The normalized spacial score (nSPS) is 18.3. The molecule has 2 amide bonds. The molecule has 2 aliphatic heterocycles. The number of nitrogens with zero attached hydrogens (tertiary/aromatic N) is 8. The van der Waals surface area contributed by atoms with Crippen molar-refractivity contribution in [2.45, 2.75) is 15.8 Å². The van der Waals surface area contributed by atoms with Gasteiger partial charge in [-0.3, -0.25) is 19.1 Å². The molecule has 15 nitrogen and oxygen atoms in total. The van der Waals surface area contributed by atoms with E-state index < -0.39 is 29.2 Å². The summed E-state index contributed by atoms with van der Waals surface area (Å²) in [6, 6.07) is 2.91. The molecule has 6 rings (SSSR count). The number of anilines is 1. The van der Waals surface area contributed by atoms with Gasteiger partial charge in [-0.25, -0.2) is 19.3 Å². The number of nitrogen functional groups attached to an aromatic ring is 1. The fourth-order valence-corrected chi connectivity index (χ4v) is 8.13. The molecule has 0 aliphatic carbocycles. The number of hydrogen-bond acceptors (Lipinski definition) is 14. The van der Waals surface area contributed by atoms with Gasteiger partial charge in [0, 0.05) is 28.3 Å². The number of carbonyl (C=O) groups is 3. The van der Waals surface area contributed by atoms with Crippen LogP contribution in [0.1, 0.15) is 5.69 Å². The Morgan fingerprint density at radius 1 is 1.35 bits per heavy atom. The summed E-state index contributed by atoms with van der Waals surface area (Å²) in [5.74, 6) is -1.84. The quantitative estimate of drug-likeness (QED) is 0.101. The number of β-lactam (4-membered cyclic amide) rings is 1. The number of carbonyl (C=O) groups excluding carboxylic acids is 2. The minimum Gasteiger partial charge on any atom is -0.477 e. The summed E-state index contributed by atoms with van der Waals surface area (Å²) in [6.45, 7) is 0. The van der Waals surface area contributed by atoms with Gasteiger partial charge in [0.25, 0.3) is 11.8 Å². The van der Waals surface area contributed by atoms with Gasteiger partial charge < -0.3 is 21.0 Å². The minimum atomic E-state index is -1.26. The third-order valence-corrected chi connectivity index (χ3v) is 10.2. The fraction of sp³-hybridized carbons (Fsp3) is 0.208. The van der Waals surface area contributed by atoms with E-state index in [-0.39, 0.29) is 28.0 Å². The Balaban J connectivity index is 1.17. The molecule has 2 aliphatic rings. The lowest BCUT2D eigenvalue weighted by Gasteiger charge is -2.49. The highest BCUT2D eigenvalue weighted by Gasteiger charge is 2.54. The largest absolute Gasteiger partial charge is 0.477 e. The Morgan fingerprint density at radius 3 is 2.91 bits per heavy atom. The van der Waals surface area contributed by atoms with Crippen molar-refractivity contribution in [1.29, 1.82) is 0 Å². The summed E-state index contributed by atoms with van der Waals surface area (Å²) in [7, 11) is 3.20. The second-order valence-corrected chi connectivity index (χ2v) is 13.1. The van der Waals surface area contributed by atoms with Crippen molar-refractivity contribution in [3.05, 3.63) is 58.7 Å². The molecule has 0 aromatic carbocycles. The SMILES string of the molecule is CO/N=C(\C(=O)N[C@@H]1C(=O)N2C(C(=O)O)=C(Sc3nc(-n4cnc(-c5ccc[n+](C)c5)c4)ns3)CSC12)c1csc(N)n1. The molecule has 2 atom stereocenters. The van der Waals surface area contributed by atoms with Gasteiger partial charge in [0.1, 0.15) is 43.3 Å². The molecule has 4 N–H and O–H groups in total. The Bertz CT molecular complexity index is 1810. The van der Waals surface area contributed by atoms with Gasteiger partial charge in [-0.15, -0.1) is 23.1 Å². The highest BCUT2D eigenvalue weighted by molar-refractivity contribution is 8.07. The van der Waals surface area contributed by atoms with Gasteiger partial charge in [-0.1, -0.05) is 16.9 Å². The predicted octanol–water partition coefficient (Wildman–Crippen LogP) is 1.09. The van der Waals surface area contributed by atoms with Crippen molar-refractivity contribution >= 4 is 75.0 Å². The van der Waals surface area contributed by atoms with Crippen LogP contribution in [-0.2, 0) is 26.3 Å². The van der Waals surface area contributed by atoms with Crippen LogP contribution in [0.3, 0.4) is 0 Å². The number of thiazole rings is 1. The maximum atomic E-state index is 13.1. The second-order valence-electron chi connectivity index (χ2n) is 9.02. The standard InChI is InChI=1S/C24H20N10O5S4/c1-32-5-3-4-11(6-32)12-7-33(10-26-12)23-29-24(43-31-23)42-14-9-40-20-16(19(36)34(20)17(14)21(37)38)28-18(35)15(30-39-2)13-8-41-22(25)27-13/h3-8,10,16,20H,9H2,1-2H3,(H3-,25,27,28,35,37,38)/p+1/b30-15-/t16-,20?/m1/s1. The zero-order valence-electron chi connectivity index (χ0n) is 22.3. The average molecular weight is 658 g/mol. The summed E-state index contributed by atoms with van der Waals surface area (Å²) in [5, 5.41) is 17.6. The van der Waals surface area contributed by atoms with E-state index in [2.05, 4.69) is 29.8 Å². The maximum Gasteiger partial charge on any atom is 0.353 e. The Labute approximate surface area is 259 Å². The number of carboxylic acid groups (broad SMARTS) is 1. The molecule has 1 saturated heterocycles. The zero-order chi connectivity index (χ0) is 30.2. The van der Waals surface area contributed by atoms with E-state index in [0.717, 1.165) is 45.9 Å². The zero-order valence-corrected chi connectivity index (χ0v) is 25.5. The monoisotopic (exact) mass is 657 g/mol. The number of rotatable bonds is 9. The van der Waals surface area contributed by atoms with Crippen LogP contribution in [0.25, 0.3) is 17.2 Å². The highest BCUT2D eigenvalue weighted by Crippen LogP contribution is 2.45. The van der Waals surface area contributed by atoms with Gasteiger partial charge >= 0.3 is 5.97 Å². The third-order valence-electron chi connectivity index (χ3n) is 6.24. The van der Waals surface area contributed by atoms with E-state index in [1.165, 1.54) is 23.8 Å². The summed E-state index contributed by atoms with van der Waals surface area (Å²) < 4.78 is 8.52. The summed E-state index contributed by atoms with van der Waals surface area (Å²) in [5.41, 5.74) is 7.25. The maximum absolute atomic E-state index is 13.1. The summed E-state index contributed by atoms with van der Waals surface area (Å²) >= 11 is 4.70. The highest BCUT2D eigenvalue weighted by atomic mass is 32.2. The first-order chi connectivity index (χ1) is 20.7. The number of pyridine rings is 1. The lowest BCUT2D eigenvalue weighted by Crippen LogP contribution is -2.71. The first-order valence-electron chi connectivity index (χ1n) is 12.3. The Hall–Kier alpha value is -4.33. The topological polar surface area (TPSA) is 195 Å². The van der Waals surface area contributed by atoms with E-state index in [0.29, 0.717) is 15.2 Å². The van der Waals surface area contributed by atoms with Crippen LogP contribution < -0.4 is 15.6 Å². The van der Waals surface area contributed by atoms with Crippen LogP contribution in [0, 0.1) is 0 Å². The van der Waals surface area contributed by atoms with Crippen molar-refractivity contribution in [3.63, 3.8) is 0 Å². The fourth-order valence-electron chi connectivity index (χ4n) is 4.35. The van der Waals surface area contributed by atoms with Crippen molar-refractivity contribution in [2.75, 3.05) is 18.6 Å². The van der Waals surface area contributed by atoms with Gasteiger partial charge in [0.2, 0.25) is 5.95 Å². The van der Waals surface area contributed by atoms with Crippen LogP contribution in [0.5, 0.6) is 0 Å². The third kappa shape index (κ3) is 5.58. The van der Waals surface area contributed by atoms with Crippen molar-refractivity contribution < 1.29 is 28.9 Å². The number of imidazole rings is 1. The van der Waals surface area contributed by atoms with Crippen molar-refractivity contribution in [2.24, 2.45) is 12.2 Å². The number of aromatic nitrogens is 6. The number of amides is 2. The van der Waals surface area contributed by atoms with Crippen LogP contribution in [-0.4, -0.2) is 81.7 Å². The summed E-state index contributed by atoms with van der Waals surface area (Å²) in [4.78, 5) is 57.9. The first kappa shape index (κ1) is 28.8. The molecule has 19 heteroatoms. The number of carboxylic acids is 1. The second kappa shape index (κ2) is 11.7. The van der Waals surface area contributed by atoms with Gasteiger partial charge in [-0.05, 0) is 17.6 Å². The molecule has 4 aromatic rings. The van der Waals surface area contributed by atoms with E-state index in [9.17, 15) is 19.5 Å². The minimum absolute atomic E-state index is 0.150. The lowest BCUT2D eigenvalue weighted by molar-refractivity contribution is -0.671. The average Bonchev–Trinajstić information content (AvgIpc) is 3.75. The first-order valence-corrected chi connectivity index (χ1v) is 15.8. The van der Waals surface area contributed by atoms with Crippen LogP contribution in [0.15, 0.2) is 62.5 Å². The number of thioether (sulfide) groups is 2. The number of nitrogens with one attached hydrogen (secondary N) is 1. The molecular formula is C24H21N10O5S4+. The molecule has 0 bridgehead atoms. The molecular weight excluding hydrogens is 637 g/mol. The van der Waals surface area contributed by atoms with E-state index in [1.807, 2.05) is 42.3 Å². The number of aliphatic carboxylic acids is 1. The van der Waals surface area contributed by atoms with Gasteiger partial charge in [0.15, 0.2) is 27.6 Å². The van der Waals surface area contributed by atoms with Gasteiger partial charge in [-0.2, -0.15) is 9.36 Å². The molecule has 6 heterocycles. The molecule has 1 fully saturated rings. The number of fused-ring (bicyclic) bond motifs is 1. The summed E-state index contributed by atoms with van der Waals surface area (Å²) in [6.07, 6.45) is 7.30. The van der Waals surface area contributed by atoms with Crippen LogP contribution in [0.2, 0.25) is 0 Å². The van der Waals surface area contributed by atoms with Crippen LogP contribution >= 0.6 is 46.4 Å². The Morgan fingerprint density at radius 2 is 2.19 bits per heavy atom. The Kier molecular flexibility index (Phi) is 7.86. The molecule has 0 saturated carbocycles.